The molecule has 2 heterocycles. The average molecular weight is 463 g/mol. The Balaban J connectivity index is 1.40. The summed E-state index contributed by atoms with van der Waals surface area (Å²) >= 11 is 0. The Bertz CT molecular complexity index is 973. The molecule has 0 spiro atoms. The van der Waals surface area contributed by atoms with Gasteiger partial charge in [-0.1, -0.05) is 19.1 Å². The molecule has 0 saturated carbocycles. The number of carbonyl (C=O) groups excluding carboxylic acids is 1. The van der Waals surface area contributed by atoms with Gasteiger partial charge in [-0.3, -0.25) is 0 Å². The molecule has 2 aromatic rings. The number of carbonyl (C=O) groups is 1. The molecular formula is C23H29F3N6O. The predicted molar refractivity (Wildman–Crippen MR) is 119 cm³/mol. The number of halogens is 3. The fourth-order valence-electron chi connectivity index (χ4n) is 4.60. The van der Waals surface area contributed by atoms with Gasteiger partial charge < -0.3 is 20.4 Å². The van der Waals surface area contributed by atoms with Crippen molar-refractivity contribution in [2.75, 3.05) is 44.2 Å². The fourth-order valence-corrected chi connectivity index (χ4v) is 4.60. The minimum atomic E-state index is -4.38. The number of rotatable bonds is 5. The SMILES string of the molecule is CC1CCc2ncnc(N3CCN(C(=O)N(CCN)Cc4ccc(C(F)(F)F)cc4)CC3)c21. The molecule has 1 aromatic carbocycles. The lowest BCUT2D eigenvalue weighted by molar-refractivity contribution is -0.137. The quantitative estimate of drug-likeness (QED) is 0.738. The molecule has 2 N–H and O–H groups in total. The van der Waals surface area contributed by atoms with Crippen LogP contribution in [0.25, 0.3) is 0 Å². The summed E-state index contributed by atoms with van der Waals surface area (Å²) in [4.78, 5) is 27.7. The van der Waals surface area contributed by atoms with E-state index in [1.54, 1.807) is 16.1 Å². The molecule has 7 nitrogen and oxygen atoms in total. The number of aryl methyl sites for hydroxylation is 1. The largest absolute Gasteiger partial charge is 0.416 e. The second-order valence-corrected chi connectivity index (χ2v) is 8.66. The Morgan fingerprint density at radius 3 is 2.48 bits per heavy atom. The van der Waals surface area contributed by atoms with E-state index in [2.05, 4.69) is 21.8 Å². The molecule has 0 radical (unpaired) electrons. The summed E-state index contributed by atoms with van der Waals surface area (Å²) in [6, 6.07) is 4.75. The van der Waals surface area contributed by atoms with Crippen LogP contribution in [0, 0.1) is 0 Å². The standard InChI is InChI=1S/C23H29F3N6O/c1-16-2-7-19-20(16)21(29-15-28-19)30-10-12-31(13-11-30)22(33)32(9-8-27)14-17-3-5-18(6-4-17)23(24,25)26/h3-6,15-16H,2,7-14,27H2,1H3. The highest BCUT2D eigenvalue weighted by molar-refractivity contribution is 5.75. The maximum atomic E-state index is 13.2. The van der Waals surface area contributed by atoms with Crippen molar-refractivity contribution in [3.8, 4) is 0 Å². The number of amides is 2. The second-order valence-electron chi connectivity index (χ2n) is 8.66. The number of hydrogen-bond donors (Lipinski definition) is 1. The van der Waals surface area contributed by atoms with Crippen LogP contribution in [0.3, 0.4) is 0 Å². The number of hydrogen-bond acceptors (Lipinski definition) is 5. The van der Waals surface area contributed by atoms with Crippen LogP contribution in [0.4, 0.5) is 23.8 Å². The van der Waals surface area contributed by atoms with Crippen molar-refractivity contribution < 1.29 is 18.0 Å². The number of nitrogens with zero attached hydrogens (tertiary/aromatic N) is 5. The van der Waals surface area contributed by atoms with Crippen LogP contribution < -0.4 is 10.6 Å². The number of aromatic nitrogens is 2. The van der Waals surface area contributed by atoms with Crippen LogP contribution >= 0.6 is 0 Å². The summed E-state index contributed by atoms with van der Waals surface area (Å²) in [6.07, 6.45) is -0.705. The van der Waals surface area contributed by atoms with E-state index in [1.165, 1.54) is 17.7 Å². The first-order chi connectivity index (χ1) is 15.8. The van der Waals surface area contributed by atoms with Crippen LogP contribution in [0.15, 0.2) is 30.6 Å². The van der Waals surface area contributed by atoms with Gasteiger partial charge in [0.15, 0.2) is 0 Å². The Hall–Kier alpha value is -2.88. The molecule has 1 aromatic heterocycles. The van der Waals surface area contributed by atoms with Gasteiger partial charge in [-0.15, -0.1) is 0 Å². The van der Waals surface area contributed by atoms with Crippen molar-refractivity contribution in [3.63, 3.8) is 0 Å². The number of alkyl halides is 3. The number of piperazine rings is 1. The van der Waals surface area contributed by atoms with E-state index in [9.17, 15) is 18.0 Å². The first-order valence-corrected chi connectivity index (χ1v) is 11.3. The summed E-state index contributed by atoms with van der Waals surface area (Å²) in [5.74, 6) is 1.40. The number of benzene rings is 1. The number of anilines is 1. The minimum absolute atomic E-state index is 0.152. The zero-order valence-corrected chi connectivity index (χ0v) is 18.7. The Morgan fingerprint density at radius 1 is 1.15 bits per heavy atom. The molecule has 10 heteroatoms. The molecule has 2 aliphatic rings. The predicted octanol–water partition coefficient (Wildman–Crippen LogP) is 3.25. The normalized spacial score (nSPS) is 18.4. The number of fused-ring (bicyclic) bond motifs is 1. The van der Waals surface area contributed by atoms with Crippen LogP contribution in [-0.2, 0) is 19.1 Å². The zero-order chi connectivity index (χ0) is 23.6. The molecule has 1 saturated heterocycles. The Labute approximate surface area is 191 Å². The lowest BCUT2D eigenvalue weighted by Crippen LogP contribution is -2.53. The maximum Gasteiger partial charge on any atom is 0.416 e. The van der Waals surface area contributed by atoms with Gasteiger partial charge >= 0.3 is 12.2 Å². The van der Waals surface area contributed by atoms with Gasteiger partial charge in [-0.05, 0) is 36.5 Å². The summed E-state index contributed by atoms with van der Waals surface area (Å²) in [6.45, 7) is 5.43. The third-order valence-electron chi connectivity index (χ3n) is 6.43. The molecule has 1 aliphatic carbocycles. The van der Waals surface area contributed by atoms with Crippen LogP contribution in [0.2, 0.25) is 0 Å². The molecule has 33 heavy (non-hydrogen) atoms. The Kier molecular flexibility index (Phi) is 6.73. The number of urea groups is 1. The van der Waals surface area contributed by atoms with Gasteiger partial charge in [-0.2, -0.15) is 13.2 Å². The van der Waals surface area contributed by atoms with Crippen LogP contribution in [-0.4, -0.2) is 65.1 Å². The van der Waals surface area contributed by atoms with Gasteiger partial charge in [0.2, 0.25) is 0 Å². The highest BCUT2D eigenvalue weighted by Gasteiger charge is 2.32. The molecular weight excluding hydrogens is 433 g/mol. The van der Waals surface area contributed by atoms with Crippen LogP contribution in [0.5, 0.6) is 0 Å². The van der Waals surface area contributed by atoms with Crippen molar-refractivity contribution in [2.45, 2.75) is 38.4 Å². The van der Waals surface area contributed by atoms with E-state index in [4.69, 9.17) is 5.73 Å². The van der Waals surface area contributed by atoms with Crippen molar-refractivity contribution in [2.24, 2.45) is 5.73 Å². The first-order valence-electron chi connectivity index (χ1n) is 11.3. The van der Waals surface area contributed by atoms with Crippen LogP contribution in [0.1, 0.15) is 41.6 Å². The van der Waals surface area contributed by atoms with Gasteiger partial charge in [0.25, 0.3) is 0 Å². The van der Waals surface area contributed by atoms with Gasteiger partial charge in [0.1, 0.15) is 12.1 Å². The van der Waals surface area contributed by atoms with E-state index < -0.39 is 11.7 Å². The van der Waals surface area contributed by atoms with Crippen molar-refractivity contribution in [3.05, 3.63) is 53.0 Å². The number of nitrogens with two attached hydrogens (primary N) is 1. The molecule has 0 bridgehead atoms. The summed E-state index contributed by atoms with van der Waals surface area (Å²) in [5.41, 5.74) is 7.99. The highest BCUT2D eigenvalue weighted by atomic mass is 19.4. The minimum Gasteiger partial charge on any atom is -0.353 e. The molecule has 1 fully saturated rings. The fraction of sp³-hybridized carbons (Fsp3) is 0.522. The maximum absolute atomic E-state index is 13.2. The van der Waals surface area contributed by atoms with Gasteiger partial charge in [0.05, 0.1) is 5.56 Å². The molecule has 4 rings (SSSR count). The lowest BCUT2D eigenvalue weighted by atomic mass is 10.1. The zero-order valence-electron chi connectivity index (χ0n) is 18.7. The van der Waals surface area contributed by atoms with Crippen molar-refractivity contribution in [1.29, 1.82) is 0 Å². The smallest absolute Gasteiger partial charge is 0.353 e. The molecule has 2 amide bonds. The Morgan fingerprint density at radius 2 is 1.85 bits per heavy atom. The average Bonchev–Trinajstić information content (AvgIpc) is 3.19. The van der Waals surface area contributed by atoms with Crippen molar-refractivity contribution in [1.82, 2.24) is 19.8 Å². The van der Waals surface area contributed by atoms with Gasteiger partial charge in [-0.25, -0.2) is 14.8 Å². The van der Waals surface area contributed by atoms with Gasteiger partial charge in [0, 0.05) is 57.1 Å². The first kappa shape index (κ1) is 23.3. The summed E-state index contributed by atoms with van der Waals surface area (Å²) in [5, 5.41) is 0. The molecule has 1 unspecified atom stereocenters. The highest BCUT2D eigenvalue weighted by Crippen LogP contribution is 2.37. The molecule has 1 atom stereocenters. The van der Waals surface area contributed by atoms with E-state index in [-0.39, 0.29) is 19.1 Å². The van der Waals surface area contributed by atoms with E-state index in [0.717, 1.165) is 36.5 Å². The summed E-state index contributed by atoms with van der Waals surface area (Å²) in [7, 11) is 0. The second kappa shape index (κ2) is 9.54. The monoisotopic (exact) mass is 462 g/mol. The third kappa shape index (κ3) is 5.05. The molecule has 178 valence electrons. The lowest BCUT2D eigenvalue weighted by Gasteiger charge is -2.38. The molecule has 1 aliphatic heterocycles. The third-order valence-corrected chi connectivity index (χ3v) is 6.43. The van der Waals surface area contributed by atoms with Crippen molar-refractivity contribution >= 4 is 11.8 Å². The topological polar surface area (TPSA) is 78.6 Å². The summed E-state index contributed by atoms with van der Waals surface area (Å²) < 4.78 is 38.5. The van der Waals surface area contributed by atoms with E-state index in [1.807, 2.05) is 0 Å². The van der Waals surface area contributed by atoms with E-state index in [0.29, 0.717) is 44.2 Å². The van der Waals surface area contributed by atoms with E-state index >= 15 is 0 Å².